The van der Waals surface area contributed by atoms with Crippen molar-refractivity contribution in [3.8, 4) is 5.75 Å². The normalized spacial score (nSPS) is 18.7. The molecule has 2 aromatic heterocycles. The Morgan fingerprint density at radius 2 is 1.89 bits per heavy atom. The fourth-order valence-electron chi connectivity index (χ4n) is 3.86. The van der Waals surface area contributed by atoms with Crippen LogP contribution in [0.25, 0.3) is 0 Å². The summed E-state index contributed by atoms with van der Waals surface area (Å²) in [7, 11) is 0. The molecule has 2 aliphatic heterocycles. The number of amides is 2. The molecule has 2 aliphatic rings. The lowest BCUT2D eigenvalue weighted by Crippen LogP contribution is -2.49. The average molecular weight is 499 g/mol. The van der Waals surface area contributed by atoms with E-state index in [0.29, 0.717) is 43.7 Å². The third-order valence-corrected chi connectivity index (χ3v) is 6.18. The van der Waals surface area contributed by atoms with Crippen molar-refractivity contribution >= 4 is 41.1 Å². The van der Waals surface area contributed by atoms with Crippen LogP contribution in [0, 0.1) is 5.92 Å². The maximum atomic E-state index is 12.6. The minimum absolute atomic E-state index is 0.0832. The van der Waals surface area contributed by atoms with E-state index in [1.54, 1.807) is 23.1 Å². The number of hydrogen-bond donors (Lipinski definition) is 2. The topological polar surface area (TPSA) is 128 Å². The van der Waals surface area contributed by atoms with E-state index in [2.05, 4.69) is 20.2 Å². The van der Waals surface area contributed by atoms with E-state index in [9.17, 15) is 14.4 Å². The minimum atomic E-state index is -1.01. The van der Waals surface area contributed by atoms with Crippen LogP contribution in [0.1, 0.15) is 29.9 Å². The molecule has 184 valence electrons. The monoisotopic (exact) mass is 498 g/mol. The molecule has 4 heterocycles. The minimum Gasteiger partial charge on any atom is -0.478 e. The maximum absolute atomic E-state index is 12.6. The smallest absolute Gasteiger partial charge is 0.415 e. The summed E-state index contributed by atoms with van der Waals surface area (Å²) in [6.07, 6.45) is 2.27. The van der Waals surface area contributed by atoms with Crippen molar-refractivity contribution in [3.05, 3.63) is 47.9 Å². The molecule has 0 spiro atoms. The van der Waals surface area contributed by atoms with Crippen molar-refractivity contribution < 1.29 is 24.2 Å². The molecule has 1 atom stereocenters. The highest BCUT2D eigenvalue weighted by molar-refractivity contribution is 7.80. The van der Waals surface area contributed by atoms with Crippen molar-refractivity contribution in [1.29, 1.82) is 0 Å². The molecule has 0 radical (unpaired) electrons. The first-order valence-electron chi connectivity index (χ1n) is 11.2. The van der Waals surface area contributed by atoms with Crippen LogP contribution in [-0.4, -0.2) is 80.2 Å². The Hall–Kier alpha value is -3.64. The molecule has 0 bridgehead atoms. The van der Waals surface area contributed by atoms with E-state index in [4.69, 9.17) is 22.1 Å². The number of carboxylic acid groups (broad SMARTS) is 1. The molecule has 4 rings (SSSR count). The highest BCUT2D eigenvalue weighted by Gasteiger charge is 2.38. The molecule has 2 aromatic rings. The van der Waals surface area contributed by atoms with E-state index in [1.165, 1.54) is 23.4 Å². The predicted molar refractivity (Wildman–Crippen MR) is 130 cm³/mol. The number of nitrogens with zero attached hydrogens (tertiary/aromatic N) is 5. The zero-order valence-corrected chi connectivity index (χ0v) is 20.2. The van der Waals surface area contributed by atoms with Crippen LogP contribution in [0.2, 0.25) is 0 Å². The van der Waals surface area contributed by atoms with E-state index in [-0.39, 0.29) is 29.2 Å². The standard InChI is InChI=1S/C23H26N6O5S/c1-14(2)19-20(30)29(22(35)26-19)18-6-5-17(12-25-18)34-23(33)28-9-7-27(8-10-28)13-16-4-3-15(11-24-16)21(31)32/h3-6,11-12,14,19H,7-10,13H2,1-2H3,(H,26,35)(H,31,32). The number of carboxylic acids is 1. The number of aromatic nitrogens is 2. The lowest BCUT2D eigenvalue weighted by atomic mass is 10.1. The van der Waals surface area contributed by atoms with Crippen molar-refractivity contribution in [2.24, 2.45) is 5.92 Å². The van der Waals surface area contributed by atoms with Crippen molar-refractivity contribution in [3.63, 3.8) is 0 Å². The zero-order valence-electron chi connectivity index (χ0n) is 19.4. The van der Waals surface area contributed by atoms with Gasteiger partial charge in [0.1, 0.15) is 11.9 Å². The SMILES string of the molecule is CC(C)C1NC(=S)N(c2ccc(OC(=O)N3CCN(Cc4ccc(C(=O)O)cn4)CC3)cn2)C1=O. The molecule has 12 heteroatoms. The van der Waals surface area contributed by atoms with Gasteiger partial charge in [0, 0.05) is 38.9 Å². The van der Waals surface area contributed by atoms with Crippen LogP contribution in [0.4, 0.5) is 10.6 Å². The van der Waals surface area contributed by atoms with E-state index >= 15 is 0 Å². The van der Waals surface area contributed by atoms with Crippen LogP contribution in [0.15, 0.2) is 36.7 Å². The number of rotatable bonds is 6. The number of hydrogen-bond acceptors (Lipinski definition) is 8. The fraction of sp³-hybridized carbons (Fsp3) is 0.391. The molecule has 2 saturated heterocycles. The second kappa shape index (κ2) is 10.3. The quantitative estimate of drug-likeness (QED) is 0.568. The van der Waals surface area contributed by atoms with Crippen molar-refractivity contribution in [2.45, 2.75) is 26.4 Å². The second-order valence-corrected chi connectivity index (χ2v) is 9.06. The Labute approximate surface area is 207 Å². The Morgan fingerprint density at radius 1 is 1.14 bits per heavy atom. The number of carbonyl (C=O) groups is 3. The van der Waals surface area contributed by atoms with Crippen LogP contribution >= 0.6 is 12.2 Å². The van der Waals surface area contributed by atoms with Gasteiger partial charge in [0.2, 0.25) is 0 Å². The fourth-order valence-corrected chi connectivity index (χ4v) is 4.17. The third-order valence-electron chi connectivity index (χ3n) is 5.88. The summed E-state index contributed by atoms with van der Waals surface area (Å²) < 4.78 is 5.46. The van der Waals surface area contributed by atoms with Gasteiger partial charge in [-0.2, -0.15) is 0 Å². The number of carbonyl (C=O) groups excluding carboxylic acids is 2. The highest BCUT2D eigenvalue weighted by atomic mass is 32.1. The molecule has 11 nitrogen and oxygen atoms in total. The molecule has 2 fully saturated rings. The molecule has 0 aromatic carbocycles. The van der Waals surface area contributed by atoms with Gasteiger partial charge in [-0.3, -0.25) is 14.7 Å². The van der Waals surface area contributed by atoms with Gasteiger partial charge in [0.25, 0.3) is 5.91 Å². The summed E-state index contributed by atoms with van der Waals surface area (Å²) in [6, 6.07) is 6.02. The average Bonchev–Trinajstić information content (AvgIpc) is 3.14. The van der Waals surface area contributed by atoms with Crippen LogP contribution < -0.4 is 15.0 Å². The molecule has 0 aliphatic carbocycles. The summed E-state index contributed by atoms with van der Waals surface area (Å²) >= 11 is 5.28. The first kappa shape index (κ1) is 24.5. The van der Waals surface area contributed by atoms with E-state index in [1.807, 2.05) is 13.8 Å². The summed E-state index contributed by atoms with van der Waals surface area (Å²) in [5, 5.41) is 12.3. The third kappa shape index (κ3) is 5.54. The van der Waals surface area contributed by atoms with E-state index in [0.717, 1.165) is 5.69 Å². The predicted octanol–water partition coefficient (Wildman–Crippen LogP) is 1.74. The van der Waals surface area contributed by atoms with Gasteiger partial charge in [0.05, 0.1) is 17.5 Å². The van der Waals surface area contributed by atoms with Gasteiger partial charge in [0.15, 0.2) is 10.9 Å². The Morgan fingerprint density at radius 3 is 2.43 bits per heavy atom. The summed E-state index contributed by atoms with van der Waals surface area (Å²) in [5.41, 5.74) is 0.915. The van der Waals surface area contributed by atoms with Gasteiger partial charge in [-0.05, 0) is 42.4 Å². The van der Waals surface area contributed by atoms with Gasteiger partial charge in [-0.15, -0.1) is 0 Å². The summed E-state index contributed by atoms with van der Waals surface area (Å²) in [6.45, 7) is 6.67. The lowest BCUT2D eigenvalue weighted by Gasteiger charge is -2.33. The van der Waals surface area contributed by atoms with Crippen LogP contribution in [-0.2, 0) is 11.3 Å². The molecular weight excluding hydrogens is 472 g/mol. The van der Waals surface area contributed by atoms with Gasteiger partial charge in [-0.1, -0.05) is 13.8 Å². The van der Waals surface area contributed by atoms with Crippen molar-refractivity contribution in [1.82, 2.24) is 25.1 Å². The Balaban J connectivity index is 1.28. The number of nitrogens with one attached hydrogen (secondary N) is 1. The maximum Gasteiger partial charge on any atom is 0.415 e. The number of piperazine rings is 1. The molecule has 2 N–H and O–H groups in total. The van der Waals surface area contributed by atoms with Gasteiger partial charge < -0.3 is 20.1 Å². The number of aromatic carboxylic acids is 1. The Kier molecular flexibility index (Phi) is 7.22. The molecule has 2 amide bonds. The second-order valence-electron chi connectivity index (χ2n) is 8.67. The van der Waals surface area contributed by atoms with Gasteiger partial charge in [-0.25, -0.2) is 19.5 Å². The number of thiocarbonyl (C=S) groups is 1. The molecular formula is C23H26N6O5S. The zero-order chi connectivity index (χ0) is 25.1. The molecule has 35 heavy (non-hydrogen) atoms. The largest absolute Gasteiger partial charge is 0.478 e. The van der Waals surface area contributed by atoms with E-state index < -0.39 is 12.1 Å². The van der Waals surface area contributed by atoms with Gasteiger partial charge >= 0.3 is 12.1 Å². The lowest BCUT2D eigenvalue weighted by molar-refractivity contribution is -0.119. The van der Waals surface area contributed by atoms with Crippen LogP contribution in [0.5, 0.6) is 5.75 Å². The number of pyridine rings is 2. The summed E-state index contributed by atoms with van der Waals surface area (Å²) in [4.78, 5) is 49.7. The first-order valence-corrected chi connectivity index (χ1v) is 11.6. The number of ether oxygens (including phenoxy) is 1. The molecule has 1 unspecified atom stereocenters. The molecule has 0 saturated carbocycles. The number of anilines is 1. The first-order chi connectivity index (χ1) is 16.7. The Bertz CT molecular complexity index is 1120. The summed E-state index contributed by atoms with van der Waals surface area (Å²) in [5.74, 6) is -0.442. The van der Waals surface area contributed by atoms with Crippen LogP contribution in [0.3, 0.4) is 0 Å². The highest BCUT2D eigenvalue weighted by Crippen LogP contribution is 2.23. The van der Waals surface area contributed by atoms with Crippen molar-refractivity contribution in [2.75, 3.05) is 31.1 Å².